The quantitative estimate of drug-likeness (QED) is 0.384. The summed E-state index contributed by atoms with van der Waals surface area (Å²) in [6.07, 6.45) is 8.06. The maximum atomic E-state index is 10.4. The van der Waals surface area contributed by atoms with Crippen molar-refractivity contribution in [3.63, 3.8) is 0 Å². The van der Waals surface area contributed by atoms with Gasteiger partial charge >= 0.3 is 29.6 Å². The summed E-state index contributed by atoms with van der Waals surface area (Å²) in [6.45, 7) is 3.92. The summed E-state index contributed by atoms with van der Waals surface area (Å²) in [5.74, 6) is -1.18. The van der Waals surface area contributed by atoms with Crippen LogP contribution in [0.1, 0.15) is 58.8 Å². The monoisotopic (exact) mass is 208 g/mol. The van der Waals surface area contributed by atoms with E-state index in [4.69, 9.17) is 0 Å². The topological polar surface area (TPSA) is 40.1 Å². The Balaban J connectivity index is 0. The van der Waals surface area contributed by atoms with Crippen LogP contribution in [0.3, 0.4) is 0 Å². The number of rotatable bonds is 8. The van der Waals surface area contributed by atoms with Crippen LogP contribution in [0, 0.1) is 5.92 Å². The van der Waals surface area contributed by atoms with Gasteiger partial charge in [0.05, 0.1) is 0 Å². The summed E-state index contributed by atoms with van der Waals surface area (Å²) in [5.41, 5.74) is 0. The molecule has 0 aliphatic rings. The van der Waals surface area contributed by atoms with Crippen molar-refractivity contribution in [2.24, 2.45) is 5.92 Å². The maximum Gasteiger partial charge on any atom is 1.00 e. The van der Waals surface area contributed by atoms with Crippen LogP contribution in [0.5, 0.6) is 0 Å². The van der Waals surface area contributed by atoms with Crippen LogP contribution in [0.25, 0.3) is 0 Å². The number of carboxylic acids is 1. The van der Waals surface area contributed by atoms with Gasteiger partial charge in [0, 0.05) is 5.97 Å². The standard InChI is InChI=1S/C11H22O2.Na/c1-3-4-5-6-7-8-9-10(2)11(12)13;/h10H,3-9H2,1-2H3,(H,12,13);/q;+1/p-1/t10-;/m0./s1. The van der Waals surface area contributed by atoms with Gasteiger partial charge in [-0.1, -0.05) is 52.4 Å². The summed E-state index contributed by atoms with van der Waals surface area (Å²) in [6, 6.07) is 0. The molecule has 0 saturated carbocycles. The van der Waals surface area contributed by atoms with Gasteiger partial charge in [0.1, 0.15) is 0 Å². The number of carbonyl (C=O) groups excluding carboxylic acids is 1. The van der Waals surface area contributed by atoms with E-state index in [9.17, 15) is 9.90 Å². The Morgan fingerprint density at radius 1 is 1.14 bits per heavy atom. The van der Waals surface area contributed by atoms with Gasteiger partial charge in [-0.15, -0.1) is 0 Å². The smallest absolute Gasteiger partial charge is 0.550 e. The molecule has 0 amide bonds. The van der Waals surface area contributed by atoms with E-state index in [0.717, 1.165) is 19.3 Å². The van der Waals surface area contributed by atoms with E-state index in [0.29, 0.717) is 0 Å². The number of hydrogen-bond donors (Lipinski definition) is 0. The van der Waals surface area contributed by atoms with Crippen LogP contribution in [-0.2, 0) is 4.79 Å². The number of unbranched alkanes of at least 4 members (excludes halogenated alkanes) is 5. The van der Waals surface area contributed by atoms with Crippen LogP contribution in [0.2, 0.25) is 0 Å². The van der Waals surface area contributed by atoms with Gasteiger partial charge in [-0.25, -0.2) is 0 Å². The molecule has 0 heterocycles. The average Bonchev–Trinajstić information content (AvgIpc) is 2.10. The van der Waals surface area contributed by atoms with E-state index in [2.05, 4.69) is 6.92 Å². The van der Waals surface area contributed by atoms with Crippen LogP contribution < -0.4 is 34.7 Å². The first-order valence-electron chi connectivity index (χ1n) is 5.39. The zero-order valence-corrected chi connectivity index (χ0v) is 11.8. The van der Waals surface area contributed by atoms with Gasteiger partial charge in [0.25, 0.3) is 0 Å². The molecule has 0 aromatic carbocycles. The minimum Gasteiger partial charge on any atom is -0.550 e. The fraction of sp³-hybridized carbons (Fsp3) is 0.909. The van der Waals surface area contributed by atoms with E-state index in [1.807, 2.05) is 0 Å². The summed E-state index contributed by atoms with van der Waals surface area (Å²) in [4.78, 5) is 10.4. The number of carboxylic acid groups (broad SMARTS) is 1. The Labute approximate surface area is 110 Å². The van der Waals surface area contributed by atoms with Gasteiger partial charge in [-0.05, 0) is 12.3 Å². The first-order valence-corrected chi connectivity index (χ1v) is 5.39. The van der Waals surface area contributed by atoms with E-state index in [1.54, 1.807) is 6.92 Å². The second kappa shape index (κ2) is 11.5. The fourth-order valence-corrected chi connectivity index (χ4v) is 1.35. The maximum absolute atomic E-state index is 10.4. The molecule has 0 fully saturated rings. The second-order valence-corrected chi connectivity index (χ2v) is 3.78. The molecular weight excluding hydrogens is 187 g/mol. The molecule has 0 radical (unpaired) electrons. The molecule has 0 bridgehead atoms. The minimum absolute atomic E-state index is 0. The third-order valence-corrected chi connectivity index (χ3v) is 2.39. The molecule has 0 N–H and O–H groups in total. The Hall–Kier alpha value is 0.470. The van der Waals surface area contributed by atoms with Crippen molar-refractivity contribution in [2.45, 2.75) is 58.8 Å². The summed E-state index contributed by atoms with van der Waals surface area (Å²) in [7, 11) is 0. The van der Waals surface area contributed by atoms with Crippen LogP contribution in [-0.4, -0.2) is 5.97 Å². The van der Waals surface area contributed by atoms with E-state index >= 15 is 0 Å². The van der Waals surface area contributed by atoms with E-state index in [1.165, 1.54) is 25.7 Å². The average molecular weight is 208 g/mol. The molecule has 3 heteroatoms. The van der Waals surface area contributed by atoms with Gasteiger partial charge in [-0.2, -0.15) is 0 Å². The van der Waals surface area contributed by atoms with E-state index in [-0.39, 0.29) is 35.5 Å². The Morgan fingerprint density at radius 2 is 1.64 bits per heavy atom. The molecular formula is C11H21NaO2. The number of aliphatic carboxylic acids is 1. The molecule has 0 spiro atoms. The van der Waals surface area contributed by atoms with Gasteiger partial charge < -0.3 is 9.90 Å². The molecule has 0 unspecified atom stereocenters. The van der Waals surface area contributed by atoms with Crippen LogP contribution in [0.15, 0.2) is 0 Å². The fourth-order valence-electron chi connectivity index (χ4n) is 1.35. The molecule has 0 aliphatic carbocycles. The summed E-state index contributed by atoms with van der Waals surface area (Å²) in [5, 5.41) is 10.4. The number of hydrogen-bond acceptors (Lipinski definition) is 2. The zero-order chi connectivity index (χ0) is 10.1. The molecule has 2 nitrogen and oxygen atoms in total. The van der Waals surface area contributed by atoms with Gasteiger partial charge in [-0.3, -0.25) is 0 Å². The van der Waals surface area contributed by atoms with Crippen LogP contribution in [0.4, 0.5) is 0 Å². The molecule has 0 rings (SSSR count). The van der Waals surface area contributed by atoms with Gasteiger partial charge in [0.15, 0.2) is 0 Å². The molecule has 0 aliphatic heterocycles. The summed E-state index contributed by atoms with van der Waals surface area (Å²) >= 11 is 0. The van der Waals surface area contributed by atoms with Gasteiger partial charge in [0.2, 0.25) is 0 Å². The van der Waals surface area contributed by atoms with Crippen molar-refractivity contribution >= 4 is 5.97 Å². The first-order chi connectivity index (χ1) is 6.18. The van der Waals surface area contributed by atoms with Crippen molar-refractivity contribution in [3.8, 4) is 0 Å². The third-order valence-electron chi connectivity index (χ3n) is 2.39. The largest absolute Gasteiger partial charge is 1.00 e. The first kappa shape index (κ1) is 16.9. The molecule has 0 aromatic rings. The van der Waals surface area contributed by atoms with Crippen molar-refractivity contribution in [1.82, 2.24) is 0 Å². The molecule has 14 heavy (non-hydrogen) atoms. The molecule has 0 aromatic heterocycles. The number of carbonyl (C=O) groups is 1. The van der Waals surface area contributed by atoms with Crippen molar-refractivity contribution < 1.29 is 39.5 Å². The molecule has 0 saturated heterocycles. The minimum atomic E-state index is -0.909. The van der Waals surface area contributed by atoms with Crippen LogP contribution >= 0.6 is 0 Å². The Bertz CT molecular complexity index is 137. The third kappa shape index (κ3) is 10.6. The zero-order valence-electron chi connectivity index (χ0n) is 9.84. The van der Waals surface area contributed by atoms with Crippen molar-refractivity contribution in [3.05, 3.63) is 0 Å². The predicted octanol–water partition coefficient (Wildman–Crippen LogP) is -0.873. The van der Waals surface area contributed by atoms with E-state index < -0.39 is 5.97 Å². The SMILES string of the molecule is CCCCCCCC[C@H](C)C(=O)[O-].[Na+]. The molecule has 78 valence electrons. The molecule has 1 atom stereocenters. The normalized spacial score (nSPS) is 11.9. The van der Waals surface area contributed by atoms with Crippen molar-refractivity contribution in [2.75, 3.05) is 0 Å². The predicted molar refractivity (Wildman–Crippen MR) is 52.2 cm³/mol. The second-order valence-electron chi connectivity index (χ2n) is 3.78. The Kier molecular flexibility index (Phi) is 13.9. The van der Waals surface area contributed by atoms with Crippen molar-refractivity contribution in [1.29, 1.82) is 0 Å². The Morgan fingerprint density at radius 3 is 2.14 bits per heavy atom. The summed E-state index contributed by atoms with van der Waals surface area (Å²) < 4.78 is 0.